The van der Waals surface area contributed by atoms with Crippen LogP contribution in [0.2, 0.25) is 0 Å². The van der Waals surface area contributed by atoms with Gasteiger partial charge >= 0.3 is 18.9 Å². The first kappa shape index (κ1) is 76.3. The second-order valence-corrected chi connectivity index (χ2v) is 0. The van der Waals surface area contributed by atoms with E-state index in [9.17, 15) is 0 Å². The number of hydrogen-bond donors (Lipinski definition) is 0. The average Bonchev–Trinajstić information content (AvgIpc) is 0. The summed E-state index contributed by atoms with van der Waals surface area (Å²) < 4.78 is 0. The summed E-state index contributed by atoms with van der Waals surface area (Å²) >= 11 is 0. The molecule has 0 aromatic carbocycles. The van der Waals surface area contributed by atoms with Crippen LogP contribution in [0.25, 0.3) is 0 Å². The minimum Gasteiger partial charge on any atom is -1.00 e. The van der Waals surface area contributed by atoms with Gasteiger partial charge in [0.25, 0.3) is 0 Å². The van der Waals surface area contributed by atoms with Crippen LogP contribution in [0, 0.1) is 0 Å². The summed E-state index contributed by atoms with van der Waals surface area (Å²) in [5.41, 5.74) is 0. The first-order valence-electron chi connectivity index (χ1n) is 0. The Morgan fingerprint density at radius 1 is 1.00 bits per heavy atom. The standard InChI is InChI=1S/Fe.Li.2H2O.H/h;;2*1H2;/q;+1;;;-1. The van der Waals surface area contributed by atoms with Crippen molar-refractivity contribution in [3.05, 3.63) is 0 Å². The van der Waals surface area contributed by atoms with Crippen molar-refractivity contribution in [2.75, 3.05) is 0 Å². The van der Waals surface area contributed by atoms with Gasteiger partial charge in [-0.05, 0) is 0 Å². The smallest absolute Gasteiger partial charge is 1.00 e. The molecule has 0 heterocycles. The minimum absolute atomic E-state index is 0. The van der Waals surface area contributed by atoms with Crippen LogP contribution in [0.5, 0.6) is 0 Å². The van der Waals surface area contributed by atoms with Crippen molar-refractivity contribution in [1.82, 2.24) is 0 Å². The number of hydrogen-bond acceptors (Lipinski definition) is 0. The van der Waals surface area contributed by atoms with Gasteiger partial charge in [-0.1, -0.05) is 0 Å². The predicted octanol–water partition coefficient (Wildman–Crippen LogP) is -4.54. The molecule has 0 aliphatic rings. The van der Waals surface area contributed by atoms with E-state index in [1.54, 1.807) is 0 Å². The molecule has 0 fully saturated rings. The maximum atomic E-state index is 0. The summed E-state index contributed by atoms with van der Waals surface area (Å²) in [6.07, 6.45) is 0. The van der Waals surface area contributed by atoms with E-state index >= 15 is 0 Å². The predicted molar refractivity (Wildman–Crippen MR) is 8.34 cm³/mol. The Hall–Kier alpha value is 1.04. The van der Waals surface area contributed by atoms with Gasteiger partial charge in [-0.25, -0.2) is 0 Å². The molecule has 4 heavy (non-hydrogen) atoms. The Labute approximate surface area is 48.7 Å². The summed E-state index contributed by atoms with van der Waals surface area (Å²) in [6.45, 7) is 0. The molecule has 0 radical (unpaired) electrons. The van der Waals surface area contributed by atoms with Crippen molar-refractivity contribution in [3.63, 3.8) is 0 Å². The summed E-state index contributed by atoms with van der Waals surface area (Å²) in [4.78, 5) is 0. The molecule has 2 nitrogen and oxygen atoms in total. The van der Waals surface area contributed by atoms with Crippen LogP contribution in [0.3, 0.4) is 0 Å². The topological polar surface area (TPSA) is 63.0 Å². The molecule has 4 N–H and O–H groups in total. The molecule has 0 saturated heterocycles. The molecule has 0 bridgehead atoms. The SMILES string of the molecule is O.O.[Fe].[H-].[Li+]. The maximum absolute atomic E-state index is 0. The van der Waals surface area contributed by atoms with Crippen LogP contribution >= 0.6 is 0 Å². The van der Waals surface area contributed by atoms with Crippen molar-refractivity contribution in [1.29, 1.82) is 0 Å². The Bertz CT molecular complexity index is 9.61. The molecule has 0 aromatic rings. The third-order valence-corrected chi connectivity index (χ3v) is 0. The second-order valence-electron chi connectivity index (χ2n) is 0. The van der Waals surface area contributed by atoms with E-state index in [0.717, 1.165) is 0 Å². The quantitative estimate of drug-likeness (QED) is 0.275. The fraction of sp³-hybridized carbons (Fsp3) is 0. The molecule has 0 rings (SSSR count). The first-order valence-corrected chi connectivity index (χ1v) is 0. The van der Waals surface area contributed by atoms with Crippen molar-refractivity contribution >= 4 is 0 Å². The van der Waals surface area contributed by atoms with Crippen LogP contribution < -0.4 is 18.9 Å². The Balaban J connectivity index is 0. The van der Waals surface area contributed by atoms with Crippen molar-refractivity contribution in [3.8, 4) is 0 Å². The van der Waals surface area contributed by atoms with Crippen molar-refractivity contribution < 1.29 is 48.3 Å². The first-order chi connectivity index (χ1) is 0. The van der Waals surface area contributed by atoms with Gasteiger partial charge in [-0.3, -0.25) is 0 Å². The van der Waals surface area contributed by atoms with Crippen LogP contribution in [0.4, 0.5) is 0 Å². The Kier molecular flexibility index (Phi) is 661. The van der Waals surface area contributed by atoms with E-state index in [1.165, 1.54) is 0 Å². The van der Waals surface area contributed by atoms with E-state index in [0.29, 0.717) is 0 Å². The molecule has 0 amide bonds. The summed E-state index contributed by atoms with van der Waals surface area (Å²) in [5.74, 6) is 0. The van der Waals surface area contributed by atoms with Crippen LogP contribution in [0.1, 0.15) is 1.43 Å². The summed E-state index contributed by atoms with van der Waals surface area (Å²) in [5, 5.41) is 0. The Morgan fingerprint density at radius 3 is 1.00 bits per heavy atom. The van der Waals surface area contributed by atoms with E-state index in [2.05, 4.69) is 0 Å². The minimum atomic E-state index is 0. The van der Waals surface area contributed by atoms with Gasteiger partial charge in [0.2, 0.25) is 0 Å². The van der Waals surface area contributed by atoms with Crippen LogP contribution in [0.15, 0.2) is 0 Å². The third kappa shape index (κ3) is 11.7. The van der Waals surface area contributed by atoms with Gasteiger partial charge < -0.3 is 12.4 Å². The van der Waals surface area contributed by atoms with Gasteiger partial charge in [-0.15, -0.1) is 0 Å². The summed E-state index contributed by atoms with van der Waals surface area (Å²) in [7, 11) is 0. The molecule has 0 unspecified atom stereocenters. The van der Waals surface area contributed by atoms with E-state index in [4.69, 9.17) is 0 Å². The van der Waals surface area contributed by atoms with E-state index < -0.39 is 0 Å². The largest absolute Gasteiger partial charge is 1.00 e. The zero-order chi connectivity index (χ0) is 0. The fourth-order valence-corrected chi connectivity index (χ4v) is 0. The van der Waals surface area contributed by atoms with Crippen LogP contribution in [-0.2, 0) is 17.1 Å². The monoisotopic (exact) mass is 100.0 g/mol. The van der Waals surface area contributed by atoms with Gasteiger partial charge in [0.05, 0.1) is 0 Å². The van der Waals surface area contributed by atoms with Crippen molar-refractivity contribution in [2.24, 2.45) is 0 Å². The van der Waals surface area contributed by atoms with E-state index in [-0.39, 0.29) is 48.3 Å². The third-order valence-electron chi connectivity index (χ3n) is 0. The molecule has 0 aromatic heterocycles. The van der Waals surface area contributed by atoms with Crippen molar-refractivity contribution in [2.45, 2.75) is 0 Å². The molecule has 4 heteroatoms. The normalized spacial score (nSPS) is 0. The zero-order valence-electron chi connectivity index (χ0n) is 3.35. The maximum Gasteiger partial charge on any atom is 1.00 e. The van der Waals surface area contributed by atoms with Gasteiger partial charge in [0.15, 0.2) is 0 Å². The number of rotatable bonds is 0. The molecule has 0 aliphatic carbocycles. The average molecular weight is 99.8 g/mol. The molecular formula is H5FeLiO2. The van der Waals surface area contributed by atoms with Gasteiger partial charge in [0.1, 0.15) is 0 Å². The molecule has 26 valence electrons. The van der Waals surface area contributed by atoms with E-state index in [1.807, 2.05) is 0 Å². The second kappa shape index (κ2) is 34.6. The van der Waals surface area contributed by atoms with Gasteiger partial charge in [0, 0.05) is 17.1 Å². The Morgan fingerprint density at radius 2 is 1.00 bits per heavy atom. The summed E-state index contributed by atoms with van der Waals surface area (Å²) in [6, 6.07) is 0. The van der Waals surface area contributed by atoms with Gasteiger partial charge in [-0.2, -0.15) is 0 Å². The fourth-order valence-electron chi connectivity index (χ4n) is 0. The van der Waals surface area contributed by atoms with Crippen LogP contribution in [-0.4, -0.2) is 11.0 Å². The molecule has 0 atom stereocenters. The zero-order valence-corrected chi connectivity index (χ0v) is 3.46. The molecule has 0 spiro atoms. The molecule has 0 saturated carbocycles. The molecular weight excluding hydrogens is 94.8 g/mol. The molecule has 0 aliphatic heterocycles.